The SMILES string of the molecule is NC(=O)NCc1cccc(CN2C(=O)c3cccc(NC(=O)c4ccc(Cl)s4)c3C2=O)c1. The molecule has 0 spiro atoms. The molecule has 0 atom stereocenters. The molecule has 0 bridgehead atoms. The summed E-state index contributed by atoms with van der Waals surface area (Å²) < 4.78 is 0.471. The highest BCUT2D eigenvalue weighted by Crippen LogP contribution is 2.31. The van der Waals surface area contributed by atoms with Gasteiger partial charge in [0.2, 0.25) is 0 Å². The first-order valence-electron chi connectivity index (χ1n) is 9.50. The summed E-state index contributed by atoms with van der Waals surface area (Å²) >= 11 is 7.01. The highest BCUT2D eigenvalue weighted by molar-refractivity contribution is 7.18. The minimum Gasteiger partial charge on any atom is -0.352 e. The van der Waals surface area contributed by atoms with Crippen LogP contribution in [0.1, 0.15) is 41.5 Å². The molecular formula is C22H17ClN4O4S. The lowest BCUT2D eigenvalue weighted by Gasteiger charge is -2.15. The van der Waals surface area contributed by atoms with E-state index in [4.69, 9.17) is 17.3 Å². The average Bonchev–Trinajstić information content (AvgIpc) is 3.30. The van der Waals surface area contributed by atoms with Crippen molar-refractivity contribution >= 4 is 52.4 Å². The van der Waals surface area contributed by atoms with Crippen LogP contribution in [0.3, 0.4) is 0 Å². The Bertz CT molecular complexity index is 1260. The molecule has 1 aliphatic rings. The Morgan fingerprint density at radius 2 is 1.75 bits per heavy atom. The molecule has 4 rings (SSSR count). The third-order valence-electron chi connectivity index (χ3n) is 4.84. The lowest BCUT2D eigenvalue weighted by Crippen LogP contribution is -2.30. The van der Waals surface area contributed by atoms with Crippen molar-refractivity contribution in [2.75, 3.05) is 5.32 Å². The number of fused-ring (bicyclic) bond motifs is 1. The Labute approximate surface area is 192 Å². The summed E-state index contributed by atoms with van der Waals surface area (Å²) in [5, 5.41) is 5.20. The lowest BCUT2D eigenvalue weighted by molar-refractivity contribution is 0.0642. The molecule has 162 valence electrons. The molecule has 5 amide bonds. The number of nitrogens with one attached hydrogen (secondary N) is 2. The first-order valence-corrected chi connectivity index (χ1v) is 10.7. The minimum absolute atomic E-state index is 0.0463. The van der Waals surface area contributed by atoms with Gasteiger partial charge in [0, 0.05) is 6.54 Å². The molecule has 2 aromatic carbocycles. The number of primary amides is 1. The summed E-state index contributed by atoms with van der Waals surface area (Å²) in [7, 11) is 0. The van der Waals surface area contributed by atoms with Gasteiger partial charge in [-0.05, 0) is 35.4 Å². The smallest absolute Gasteiger partial charge is 0.312 e. The number of carbonyl (C=O) groups excluding carboxylic acids is 4. The van der Waals surface area contributed by atoms with Crippen LogP contribution < -0.4 is 16.4 Å². The normalized spacial score (nSPS) is 12.6. The molecule has 0 aliphatic carbocycles. The Morgan fingerprint density at radius 3 is 2.47 bits per heavy atom. The molecule has 4 N–H and O–H groups in total. The van der Waals surface area contributed by atoms with Crippen molar-refractivity contribution in [1.29, 1.82) is 0 Å². The van der Waals surface area contributed by atoms with Crippen molar-refractivity contribution in [2.45, 2.75) is 13.1 Å². The fourth-order valence-corrected chi connectivity index (χ4v) is 4.35. The van der Waals surface area contributed by atoms with Gasteiger partial charge >= 0.3 is 6.03 Å². The van der Waals surface area contributed by atoms with Crippen LogP contribution in [0, 0.1) is 0 Å². The Kier molecular flexibility index (Phi) is 5.93. The van der Waals surface area contributed by atoms with Gasteiger partial charge in [0.15, 0.2) is 0 Å². The van der Waals surface area contributed by atoms with Crippen LogP contribution in [0.15, 0.2) is 54.6 Å². The van der Waals surface area contributed by atoms with Crippen LogP contribution in [0.4, 0.5) is 10.5 Å². The van der Waals surface area contributed by atoms with Crippen molar-refractivity contribution < 1.29 is 19.2 Å². The number of imide groups is 1. The molecule has 10 heteroatoms. The fraction of sp³-hybridized carbons (Fsp3) is 0.0909. The highest BCUT2D eigenvalue weighted by atomic mass is 35.5. The van der Waals surface area contributed by atoms with E-state index in [1.54, 1.807) is 54.6 Å². The number of benzene rings is 2. The Morgan fingerprint density at radius 1 is 1.00 bits per heavy atom. The summed E-state index contributed by atoms with van der Waals surface area (Å²) in [5.74, 6) is -1.35. The molecule has 3 aromatic rings. The number of nitrogens with zero attached hydrogens (tertiary/aromatic N) is 1. The summed E-state index contributed by atoms with van der Waals surface area (Å²) in [6, 6.07) is 14.4. The van der Waals surface area contributed by atoms with E-state index in [1.807, 2.05) is 0 Å². The van der Waals surface area contributed by atoms with Crippen LogP contribution in [0.2, 0.25) is 4.34 Å². The predicted molar refractivity (Wildman–Crippen MR) is 121 cm³/mol. The number of rotatable bonds is 6. The van der Waals surface area contributed by atoms with Gasteiger partial charge in [-0.1, -0.05) is 41.9 Å². The van der Waals surface area contributed by atoms with Gasteiger partial charge in [0.25, 0.3) is 17.7 Å². The zero-order valence-electron chi connectivity index (χ0n) is 16.6. The summed E-state index contributed by atoms with van der Waals surface area (Å²) in [5.41, 5.74) is 7.23. The number of nitrogens with two attached hydrogens (primary N) is 1. The first-order chi connectivity index (χ1) is 15.3. The summed E-state index contributed by atoms with van der Waals surface area (Å²) in [4.78, 5) is 51.0. The molecule has 1 aliphatic heterocycles. The van der Waals surface area contributed by atoms with E-state index < -0.39 is 23.8 Å². The van der Waals surface area contributed by atoms with Crippen molar-refractivity contribution in [3.8, 4) is 0 Å². The van der Waals surface area contributed by atoms with E-state index in [0.717, 1.165) is 21.8 Å². The molecule has 2 heterocycles. The van der Waals surface area contributed by atoms with Crippen molar-refractivity contribution in [2.24, 2.45) is 5.73 Å². The third kappa shape index (κ3) is 4.34. The second-order valence-corrected chi connectivity index (χ2v) is 8.74. The van der Waals surface area contributed by atoms with Gasteiger partial charge in [0.05, 0.1) is 32.6 Å². The molecule has 0 saturated carbocycles. The van der Waals surface area contributed by atoms with Gasteiger partial charge in [0.1, 0.15) is 0 Å². The Balaban J connectivity index is 1.55. The van der Waals surface area contributed by atoms with Gasteiger partial charge < -0.3 is 16.4 Å². The molecular weight excluding hydrogens is 452 g/mol. The minimum atomic E-state index is -0.643. The molecule has 0 saturated heterocycles. The number of halogens is 1. The highest BCUT2D eigenvalue weighted by Gasteiger charge is 2.37. The maximum absolute atomic E-state index is 13.1. The van der Waals surface area contributed by atoms with E-state index >= 15 is 0 Å². The van der Waals surface area contributed by atoms with Crippen LogP contribution in [-0.4, -0.2) is 28.7 Å². The lowest BCUT2D eigenvalue weighted by atomic mass is 10.1. The van der Waals surface area contributed by atoms with Crippen molar-refractivity contribution in [3.63, 3.8) is 0 Å². The van der Waals surface area contributed by atoms with Crippen LogP contribution in [0.25, 0.3) is 0 Å². The average molecular weight is 469 g/mol. The van der Waals surface area contributed by atoms with E-state index in [-0.39, 0.29) is 29.9 Å². The number of urea groups is 1. The van der Waals surface area contributed by atoms with Gasteiger partial charge in [-0.25, -0.2) is 4.79 Å². The standard InChI is InChI=1S/C22H17ClN4O4S/c23-17-8-7-16(32-17)19(28)26-15-6-2-5-14-18(15)21(30)27(20(14)29)11-13-4-1-3-12(9-13)10-25-22(24)31/h1-9H,10-11H2,(H,26,28)(H3,24,25,31). The number of anilines is 1. The maximum atomic E-state index is 13.1. The molecule has 1 aromatic heterocycles. The van der Waals surface area contributed by atoms with E-state index in [0.29, 0.717) is 14.8 Å². The summed E-state index contributed by atoms with van der Waals surface area (Å²) in [6.07, 6.45) is 0. The fourth-order valence-electron chi connectivity index (χ4n) is 3.41. The molecule has 0 unspecified atom stereocenters. The first kappa shape index (κ1) is 21.5. The number of thiophene rings is 1. The maximum Gasteiger partial charge on any atom is 0.312 e. The predicted octanol–water partition coefficient (Wildman–Crippen LogP) is 3.62. The zero-order chi connectivity index (χ0) is 22.8. The van der Waals surface area contributed by atoms with Crippen molar-refractivity contribution in [3.05, 3.63) is 86.1 Å². The van der Waals surface area contributed by atoms with Crippen LogP contribution in [-0.2, 0) is 13.1 Å². The van der Waals surface area contributed by atoms with Gasteiger partial charge in [-0.2, -0.15) is 0 Å². The summed E-state index contributed by atoms with van der Waals surface area (Å²) in [6.45, 7) is 0.277. The second-order valence-electron chi connectivity index (χ2n) is 7.02. The zero-order valence-corrected chi connectivity index (χ0v) is 18.1. The number of hydrogen-bond acceptors (Lipinski definition) is 5. The number of carbonyl (C=O) groups is 4. The molecule has 8 nitrogen and oxygen atoms in total. The van der Waals surface area contributed by atoms with E-state index in [1.165, 1.54) is 0 Å². The van der Waals surface area contributed by atoms with Crippen molar-refractivity contribution in [1.82, 2.24) is 10.2 Å². The molecule has 0 fully saturated rings. The van der Waals surface area contributed by atoms with Crippen LogP contribution in [0.5, 0.6) is 0 Å². The number of amides is 5. The van der Waals surface area contributed by atoms with Gasteiger partial charge in [-0.15, -0.1) is 11.3 Å². The van der Waals surface area contributed by atoms with E-state index in [2.05, 4.69) is 10.6 Å². The second kappa shape index (κ2) is 8.81. The quantitative estimate of drug-likeness (QED) is 0.478. The van der Waals surface area contributed by atoms with Gasteiger partial charge in [-0.3, -0.25) is 19.3 Å². The Hall–Kier alpha value is -3.69. The monoisotopic (exact) mass is 468 g/mol. The van der Waals surface area contributed by atoms with E-state index in [9.17, 15) is 19.2 Å². The molecule has 0 radical (unpaired) electrons. The topological polar surface area (TPSA) is 122 Å². The van der Waals surface area contributed by atoms with Crippen LogP contribution >= 0.6 is 22.9 Å². The number of hydrogen-bond donors (Lipinski definition) is 3. The molecule has 32 heavy (non-hydrogen) atoms. The third-order valence-corrected chi connectivity index (χ3v) is 6.07. The largest absolute Gasteiger partial charge is 0.352 e.